The molecule has 32 heavy (non-hydrogen) atoms. The van der Waals surface area contributed by atoms with Gasteiger partial charge in [0.1, 0.15) is 13.2 Å². The van der Waals surface area contributed by atoms with Crippen molar-refractivity contribution in [3.8, 4) is 0 Å². The quantitative estimate of drug-likeness (QED) is 0.232. The molecule has 0 bridgehead atoms. The van der Waals surface area contributed by atoms with E-state index in [1.165, 1.54) is 0 Å². The number of hydrogen-bond acceptors (Lipinski definition) is 6. The van der Waals surface area contributed by atoms with Crippen LogP contribution in [-0.4, -0.2) is 71.3 Å². The van der Waals surface area contributed by atoms with Crippen molar-refractivity contribution in [3.05, 3.63) is 24.8 Å². The molecule has 6 nitrogen and oxygen atoms in total. The Bertz CT molecular complexity index is 664. The molecular formula is C16H16F10O6. The Labute approximate surface area is 173 Å². The van der Waals surface area contributed by atoms with Crippen LogP contribution in [0.5, 0.6) is 0 Å². The molecule has 2 atom stereocenters. The summed E-state index contributed by atoms with van der Waals surface area (Å²) in [5.74, 6) is -33.1. The molecule has 0 aromatic carbocycles. The van der Waals surface area contributed by atoms with E-state index in [4.69, 9.17) is 10.2 Å². The van der Waals surface area contributed by atoms with Crippen molar-refractivity contribution in [2.45, 2.75) is 48.7 Å². The van der Waals surface area contributed by atoms with Gasteiger partial charge in [0, 0.05) is 12.8 Å². The predicted molar refractivity (Wildman–Crippen MR) is 83.4 cm³/mol. The number of alkyl halides is 8. The van der Waals surface area contributed by atoms with Crippen LogP contribution in [0.15, 0.2) is 24.8 Å². The second-order valence-electron chi connectivity index (χ2n) is 6.28. The van der Waals surface area contributed by atoms with Crippen LogP contribution in [0.1, 0.15) is 12.8 Å². The highest BCUT2D eigenvalue weighted by Gasteiger charge is 2.80. The number of esters is 2. The highest BCUT2D eigenvalue weighted by molar-refractivity contribution is 5.85. The zero-order chi connectivity index (χ0) is 25.7. The topological polar surface area (TPSA) is 93.1 Å². The van der Waals surface area contributed by atoms with Crippen LogP contribution < -0.4 is 0 Å². The van der Waals surface area contributed by atoms with Gasteiger partial charge in [0.25, 0.3) is 0 Å². The van der Waals surface area contributed by atoms with Crippen molar-refractivity contribution in [1.29, 1.82) is 0 Å². The number of halogens is 10. The summed E-state index contributed by atoms with van der Waals surface area (Å²) in [4.78, 5) is 21.4. The molecule has 2 unspecified atom stereocenters. The summed E-state index contributed by atoms with van der Waals surface area (Å²) < 4.78 is 142. The number of rotatable bonds is 13. The van der Waals surface area contributed by atoms with Gasteiger partial charge in [0.05, 0.1) is 12.2 Å². The average molecular weight is 494 g/mol. The van der Waals surface area contributed by atoms with Gasteiger partial charge in [-0.05, 0) is 0 Å². The molecule has 16 heteroatoms. The van der Waals surface area contributed by atoms with E-state index in [-0.39, 0.29) is 0 Å². The molecule has 0 rings (SSSR count). The van der Waals surface area contributed by atoms with Gasteiger partial charge in [-0.3, -0.25) is 0 Å². The normalized spacial score (nSPS) is 15.0. The van der Waals surface area contributed by atoms with Crippen LogP contribution >= 0.6 is 0 Å². The van der Waals surface area contributed by atoms with Crippen molar-refractivity contribution >= 4 is 11.9 Å². The van der Waals surface area contributed by atoms with E-state index in [9.17, 15) is 53.5 Å². The summed E-state index contributed by atoms with van der Waals surface area (Å²) in [5.41, 5.74) is 0. The maximum Gasteiger partial charge on any atom is 0.378 e. The lowest BCUT2D eigenvalue weighted by Crippen LogP contribution is -2.63. The van der Waals surface area contributed by atoms with Crippen LogP contribution in [0.3, 0.4) is 0 Å². The fraction of sp³-hybridized carbons (Fsp3) is 0.625. The summed E-state index contributed by atoms with van der Waals surface area (Å²) in [6.45, 7) is 1.64. The molecule has 0 amide bonds. The molecule has 0 saturated carbocycles. The Balaban J connectivity index is 5.38. The largest absolute Gasteiger partial charge is 0.458 e. The molecule has 0 radical (unpaired) electrons. The number of carbonyl (C=O) groups excluding carboxylic acids is 2. The predicted octanol–water partition coefficient (Wildman–Crippen LogP) is 3.08. The summed E-state index contributed by atoms with van der Waals surface area (Å²) in [5, 5.41) is 18.3. The molecule has 186 valence electrons. The highest BCUT2D eigenvalue weighted by atomic mass is 19.4. The fourth-order valence-corrected chi connectivity index (χ4v) is 1.93. The van der Waals surface area contributed by atoms with Gasteiger partial charge in [0.15, 0.2) is 0 Å². The minimum absolute atomic E-state index is 1.60. The Morgan fingerprint density at radius 3 is 1.16 bits per heavy atom. The van der Waals surface area contributed by atoms with Crippen LogP contribution in [0.2, 0.25) is 0 Å². The molecule has 0 aliphatic heterocycles. The third kappa shape index (κ3) is 7.08. The van der Waals surface area contributed by atoms with Gasteiger partial charge in [-0.2, -0.15) is 43.9 Å². The van der Waals surface area contributed by atoms with Gasteiger partial charge in [-0.25, -0.2) is 9.59 Å². The van der Waals surface area contributed by atoms with Gasteiger partial charge in [0.2, 0.25) is 11.7 Å². The second-order valence-corrected chi connectivity index (χ2v) is 6.28. The summed E-state index contributed by atoms with van der Waals surface area (Å²) in [6.07, 6.45) is -10.9. The molecule has 0 aliphatic carbocycles. The zero-order valence-electron chi connectivity index (χ0n) is 15.7. The second kappa shape index (κ2) is 10.5. The number of aliphatic hydroxyl groups is 2. The monoisotopic (exact) mass is 494 g/mol. The molecule has 0 aliphatic rings. The Kier molecular flexibility index (Phi) is 9.73. The van der Waals surface area contributed by atoms with Gasteiger partial charge in [-0.1, -0.05) is 13.2 Å². The summed E-state index contributed by atoms with van der Waals surface area (Å²) >= 11 is 0. The van der Waals surface area contributed by atoms with Gasteiger partial charge in [-0.15, -0.1) is 0 Å². The SMILES string of the molecule is C=C(F)C(=O)OCC(O)CC(F)(F)C(F)(F)C(F)(F)C(F)(F)CC(O)COC(=O)C(=C)F. The maximum absolute atomic E-state index is 13.7. The van der Waals surface area contributed by atoms with Gasteiger partial charge >= 0.3 is 35.6 Å². The lowest BCUT2D eigenvalue weighted by atomic mass is 9.92. The first-order valence-electron chi connectivity index (χ1n) is 8.10. The Hall–Kier alpha value is -2.36. The smallest absolute Gasteiger partial charge is 0.378 e. The number of aliphatic hydroxyl groups excluding tert-OH is 2. The number of carbonyl (C=O) groups is 2. The van der Waals surface area contributed by atoms with Crippen LogP contribution in [0, 0.1) is 0 Å². The van der Waals surface area contributed by atoms with E-state index >= 15 is 0 Å². The van der Waals surface area contributed by atoms with Crippen LogP contribution in [0.4, 0.5) is 43.9 Å². The van der Waals surface area contributed by atoms with E-state index in [1.54, 1.807) is 0 Å². The number of hydrogen-bond donors (Lipinski definition) is 2. The van der Waals surface area contributed by atoms with Crippen LogP contribution in [-0.2, 0) is 19.1 Å². The molecule has 0 fully saturated rings. The summed E-state index contributed by atoms with van der Waals surface area (Å²) in [7, 11) is 0. The van der Waals surface area contributed by atoms with E-state index in [1.807, 2.05) is 0 Å². The van der Waals surface area contributed by atoms with Crippen molar-refractivity contribution < 1.29 is 73.2 Å². The van der Waals surface area contributed by atoms with E-state index < -0.39 is 85.5 Å². The van der Waals surface area contributed by atoms with Crippen LogP contribution in [0.25, 0.3) is 0 Å². The van der Waals surface area contributed by atoms with Gasteiger partial charge < -0.3 is 19.7 Å². The minimum Gasteiger partial charge on any atom is -0.458 e. The van der Waals surface area contributed by atoms with Crippen molar-refractivity contribution in [3.63, 3.8) is 0 Å². The third-order valence-electron chi connectivity index (χ3n) is 3.55. The zero-order valence-corrected chi connectivity index (χ0v) is 15.7. The molecule has 0 saturated heterocycles. The third-order valence-corrected chi connectivity index (χ3v) is 3.55. The Morgan fingerprint density at radius 1 is 0.688 bits per heavy atom. The first kappa shape index (κ1) is 29.6. The van der Waals surface area contributed by atoms with Crippen molar-refractivity contribution in [2.75, 3.05) is 13.2 Å². The molecule has 2 N–H and O–H groups in total. The highest BCUT2D eigenvalue weighted by Crippen LogP contribution is 2.55. The first-order valence-corrected chi connectivity index (χ1v) is 8.10. The van der Waals surface area contributed by atoms with E-state index in [0.717, 1.165) is 0 Å². The molecule has 0 aromatic heterocycles. The van der Waals surface area contributed by atoms with Crippen molar-refractivity contribution in [2.24, 2.45) is 0 Å². The number of ether oxygens (including phenoxy) is 2. The lowest BCUT2D eigenvalue weighted by Gasteiger charge is -2.37. The van der Waals surface area contributed by atoms with E-state index in [0.29, 0.717) is 0 Å². The molecule has 0 aromatic rings. The lowest BCUT2D eigenvalue weighted by molar-refractivity contribution is -0.372. The van der Waals surface area contributed by atoms with Crippen molar-refractivity contribution in [1.82, 2.24) is 0 Å². The summed E-state index contributed by atoms with van der Waals surface area (Å²) in [6, 6.07) is 0. The van der Waals surface area contributed by atoms with E-state index in [2.05, 4.69) is 22.6 Å². The molecular weight excluding hydrogens is 478 g/mol. The minimum atomic E-state index is -6.85. The maximum atomic E-state index is 13.7. The standard InChI is InChI=1S/C16H16F10O6/c1-7(17)11(29)31-5-9(27)3-13(19,20)15(23,24)16(25,26)14(21,22)4-10(28)6-32-12(30)8(2)18/h9-10,27-28H,1-6H2. The fourth-order valence-electron chi connectivity index (χ4n) is 1.93. The Morgan fingerprint density at radius 2 is 0.938 bits per heavy atom. The molecule has 0 heterocycles. The molecule has 0 spiro atoms. The average Bonchev–Trinajstić information content (AvgIpc) is 2.62. The first-order chi connectivity index (χ1) is 14.2.